The van der Waals surface area contributed by atoms with Gasteiger partial charge in [-0.3, -0.25) is 9.59 Å². The van der Waals surface area contributed by atoms with Crippen molar-refractivity contribution in [2.75, 3.05) is 12.3 Å². The number of nitrogens with zero attached hydrogens (tertiary/aromatic N) is 3. The Morgan fingerprint density at radius 3 is 2.64 bits per heavy atom. The van der Waals surface area contributed by atoms with Gasteiger partial charge in [0.2, 0.25) is 5.91 Å². The maximum absolute atomic E-state index is 12.5. The number of carbonyl (C=O) groups is 2. The molecule has 3 rings (SSSR count). The quantitative estimate of drug-likeness (QED) is 0.430. The van der Waals surface area contributed by atoms with Gasteiger partial charge in [-0.25, -0.2) is 0 Å². The summed E-state index contributed by atoms with van der Waals surface area (Å²) in [5.41, 5.74) is 0.916. The van der Waals surface area contributed by atoms with E-state index >= 15 is 0 Å². The number of ketones is 1. The lowest BCUT2D eigenvalue weighted by Gasteiger charge is -2.03. The summed E-state index contributed by atoms with van der Waals surface area (Å²) in [7, 11) is 1.88. The number of nitrogens with one attached hydrogen (secondary N) is 1. The molecule has 0 bridgehead atoms. The van der Waals surface area contributed by atoms with Gasteiger partial charge in [-0.15, -0.1) is 21.5 Å². The van der Waals surface area contributed by atoms with Crippen LogP contribution in [0.25, 0.3) is 11.4 Å². The minimum atomic E-state index is -0.0501. The van der Waals surface area contributed by atoms with Gasteiger partial charge in [-0.05, 0) is 42.8 Å². The predicted octanol–water partition coefficient (Wildman–Crippen LogP) is 3.85. The summed E-state index contributed by atoms with van der Waals surface area (Å²) in [6, 6.07) is 11.2. The monoisotopic (exact) mass is 434 g/mol. The Kier molecular flexibility index (Phi) is 6.88. The second kappa shape index (κ2) is 9.36. The molecule has 3 aromatic rings. The van der Waals surface area contributed by atoms with Crippen LogP contribution in [0.3, 0.4) is 0 Å². The molecule has 2 heterocycles. The average Bonchev–Trinajstić information content (AvgIpc) is 3.27. The van der Waals surface area contributed by atoms with E-state index in [1.165, 1.54) is 30.0 Å². The fourth-order valence-corrected chi connectivity index (χ4v) is 4.47. The smallest absolute Gasteiger partial charge is 0.216 e. The molecule has 0 saturated heterocycles. The number of rotatable bonds is 8. The van der Waals surface area contributed by atoms with Crippen LogP contribution >= 0.6 is 34.7 Å². The molecule has 2 aromatic heterocycles. The maximum atomic E-state index is 12.5. The van der Waals surface area contributed by atoms with Crippen LogP contribution in [-0.4, -0.2) is 38.8 Å². The molecular formula is C19H19ClN4O2S2. The largest absolute Gasteiger partial charge is 0.356 e. The first kappa shape index (κ1) is 20.6. The Balaban J connectivity index is 1.58. The van der Waals surface area contributed by atoms with Gasteiger partial charge in [0.25, 0.3) is 0 Å². The van der Waals surface area contributed by atoms with Crippen molar-refractivity contribution in [2.45, 2.75) is 18.5 Å². The number of hydrogen-bond donors (Lipinski definition) is 1. The molecule has 0 spiro atoms. The fourth-order valence-electron chi connectivity index (χ4n) is 2.52. The highest BCUT2D eigenvalue weighted by molar-refractivity contribution is 7.99. The molecule has 0 aliphatic heterocycles. The van der Waals surface area contributed by atoms with E-state index < -0.39 is 0 Å². The molecule has 0 aliphatic carbocycles. The Morgan fingerprint density at radius 1 is 1.18 bits per heavy atom. The van der Waals surface area contributed by atoms with E-state index in [-0.39, 0.29) is 17.4 Å². The highest BCUT2D eigenvalue weighted by Crippen LogP contribution is 2.25. The van der Waals surface area contributed by atoms with Crippen LogP contribution < -0.4 is 5.32 Å². The summed E-state index contributed by atoms with van der Waals surface area (Å²) in [6.07, 6.45) is 0.721. The van der Waals surface area contributed by atoms with Crippen LogP contribution in [0.5, 0.6) is 0 Å². The van der Waals surface area contributed by atoms with Gasteiger partial charge in [-0.2, -0.15) is 0 Å². The van der Waals surface area contributed by atoms with Crippen molar-refractivity contribution >= 4 is 46.4 Å². The molecule has 0 aliphatic rings. The van der Waals surface area contributed by atoms with Crippen LogP contribution in [0.2, 0.25) is 5.02 Å². The van der Waals surface area contributed by atoms with Crippen LogP contribution in [0.15, 0.2) is 41.6 Å². The molecule has 0 saturated carbocycles. The van der Waals surface area contributed by atoms with Crippen molar-refractivity contribution in [1.29, 1.82) is 0 Å². The third kappa shape index (κ3) is 5.21. The summed E-state index contributed by atoms with van der Waals surface area (Å²) in [6.45, 7) is 2.07. The third-order valence-electron chi connectivity index (χ3n) is 3.95. The zero-order valence-corrected chi connectivity index (χ0v) is 17.8. The van der Waals surface area contributed by atoms with Crippen molar-refractivity contribution < 1.29 is 9.59 Å². The molecule has 0 radical (unpaired) electrons. The van der Waals surface area contributed by atoms with E-state index in [0.717, 1.165) is 22.7 Å². The highest BCUT2D eigenvalue weighted by Gasteiger charge is 2.15. The van der Waals surface area contributed by atoms with Gasteiger partial charge in [0.05, 0.1) is 10.6 Å². The summed E-state index contributed by atoms with van der Waals surface area (Å²) in [5, 5.41) is 12.5. The van der Waals surface area contributed by atoms with Crippen molar-refractivity contribution in [2.24, 2.45) is 7.05 Å². The SMILES string of the molecule is CC(=O)NCCc1ccc(C(=O)CSc2nnc(-c3ccc(Cl)cc3)n2C)s1. The fraction of sp³-hybridized carbons (Fsp3) is 0.263. The first-order valence-corrected chi connectivity index (χ1v) is 10.8. The van der Waals surface area contributed by atoms with Gasteiger partial charge in [0.15, 0.2) is 16.8 Å². The number of aromatic nitrogens is 3. The number of benzene rings is 1. The van der Waals surface area contributed by atoms with Crippen LogP contribution in [0.4, 0.5) is 0 Å². The Bertz CT molecular complexity index is 982. The van der Waals surface area contributed by atoms with E-state index in [1.807, 2.05) is 48.0 Å². The molecule has 0 unspecified atom stereocenters. The zero-order chi connectivity index (χ0) is 20.1. The number of thiophene rings is 1. The molecule has 1 N–H and O–H groups in total. The number of halogens is 1. The first-order chi connectivity index (χ1) is 13.4. The number of Topliss-reactive ketones (excluding diaryl/α,β-unsaturated/α-hetero) is 1. The van der Waals surface area contributed by atoms with Crippen molar-refractivity contribution in [3.8, 4) is 11.4 Å². The average molecular weight is 435 g/mol. The predicted molar refractivity (Wildman–Crippen MR) is 113 cm³/mol. The van der Waals surface area contributed by atoms with E-state index in [9.17, 15) is 9.59 Å². The lowest BCUT2D eigenvalue weighted by atomic mass is 10.2. The van der Waals surface area contributed by atoms with Gasteiger partial charge in [0.1, 0.15) is 0 Å². The van der Waals surface area contributed by atoms with E-state index in [0.29, 0.717) is 21.6 Å². The maximum Gasteiger partial charge on any atom is 0.216 e. The Labute approximate surface area is 176 Å². The van der Waals surface area contributed by atoms with Crippen molar-refractivity contribution in [3.05, 3.63) is 51.2 Å². The highest BCUT2D eigenvalue weighted by atomic mass is 35.5. The van der Waals surface area contributed by atoms with Crippen LogP contribution in [0.1, 0.15) is 21.5 Å². The third-order valence-corrected chi connectivity index (χ3v) is 6.41. The summed E-state index contributed by atoms with van der Waals surface area (Å²) < 4.78 is 1.87. The van der Waals surface area contributed by atoms with Crippen LogP contribution in [0, 0.1) is 0 Å². The topological polar surface area (TPSA) is 76.9 Å². The van der Waals surface area contributed by atoms with Crippen molar-refractivity contribution in [3.63, 3.8) is 0 Å². The van der Waals surface area contributed by atoms with E-state index in [2.05, 4.69) is 15.5 Å². The second-order valence-corrected chi connectivity index (χ2v) is 8.63. The number of hydrogen-bond acceptors (Lipinski definition) is 6. The van der Waals surface area contributed by atoms with Gasteiger partial charge in [-0.1, -0.05) is 23.4 Å². The lowest BCUT2D eigenvalue weighted by Crippen LogP contribution is -2.22. The van der Waals surface area contributed by atoms with E-state index in [1.54, 1.807) is 0 Å². The minimum Gasteiger partial charge on any atom is -0.356 e. The molecule has 9 heteroatoms. The molecule has 1 amide bonds. The minimum absolute atomic E-state index is 0.0501. The lowest BCUT2D eigenvalue weighted by molar-refractivity contribution is -0.118. The van der Waals surface area contributed by atoms with Gasteiger partial charge < -0.3 is 9.88 Å². The molecule has 0 atom stereocenters. The van der Waals surface area contributed by atoms with E-state index in [4.69, 9.17) is 11.6 Å². The summed E-state index contributed by atoms with van der Waals surface area (Å²) in [5.74, 6) is 1.02. The Hall–Kier alpha value is -2.16. The molecule has 146 valence electrons. The van der Waals surface area contributed by atoms with Crippen LogP contribution in [-0.2, 0) is 18.3 Å². The van der Waals surface area contributed by atoms with Gasteiger partial charge in [0, 0.05) is 36.0 Å². The standard InChI is InChI=1S/C19H19ClN4O2S2/c1-12(25)21-10-9-15-7-8-17(28-15)16(26)11-27-19-23-22-18(24(19)2)13-3-5-14(20)6-4-13/h3-8H,9-11H2,1-2H3,(H,21,25). The number of carbonyl (C=O) groups excluding carboxylic acids is 2. The molecular weight excluding hydrogens is 416 g/mol. The van der Waals surface area contributed by atoms with Crippen molar-refractivity contribution in [1.82, 2.24) is 20.1 Å². The molecule has 28 heavy (non-hydrogen) atoms. The normalized spacial score (nSPS) is 10.8. The first-order valence-electron chi connectivity index (χ1n) is 8.58. The second-order valence-electron chi connectivity index (χ2n) is 6.08. The Morgan fingerprint density at radius 2 is 1.93 bits per heavy atom. The van der Waals surface area contributed by atoms with Gasteiger partial charge >= 0.3 is 0 Å². The number of amides is 1. The zero-order valence-electron chi connectivity index (χ0n) is 15.4. The number of thioether (sulfide) groups is 1. The molecule has 6 nitrogen and oxygen atoms in total. The summed E-state index contributed by atoms with van der Waals surface area (Å²) in [4.78, 5) is 25.2. The molecule has 1 aromatic carbocycles. The summed E-state index contributed by atoms with van der Waals surface area (Å²) >= 11 is 8.76. The molecule has 0 fully saturated rings.